The first-order chi connectivity index (χ1) is 6.91. The minimum absolute atomic E-state index is 0.340. The topological polar surface area (TPSA) is 18.5 Å². The number of hydrogen-bond donors (Lipinski definition) is 0. The molecule has 1 aliphatic rings. The molecule has 0 N–H and O–H groups in total. The van der Waals surface area contributed by atoms with Crippen molar-refractivity contribution in [3.63, 3.8) is 0 Å². The molecule has 1 heterocycles. The van der Waals surface area contributed by atoms with Gasteiger partial charge in [0.25, 0.3) is 0 Å². The van der Waals surface area contributed by atoms with Crippen molar-refractivity contribution in [2.24, 2.45) is 0 Å². The van der Waals surface area contributed by atoms with E-state index in [4.69, 9.17) is 9.47 Å². The second-order valence-electron chi connectivity index (χ2n) is 4.53. The molecule has 2 nitrogen and oxygen atoms in total. The molecule has 0 amide bonds. The van der Waals surface area contributed by atoms with Gasteiger partial charge in [-0.3, -0.25) is 0 Å². The highest BCUT2D eigenvalue weighted by Gasteiger charge is 2.43. The monoisotopic (exact) mass is 270 g/mol. The van der Waals surface area contributed by atoms with Crippen LogP contribution in [0, 0.1) is 0 Å². The molecule has 82 valence electrons. The summed E-state index contributed by atoms with van der Waals surface area (Å²) in [5.74, 6) is -0.489. The number of benzene rings is 1. The molecule has 0 saturated carbocycles. The Labute approximate surface area is 98.7 Å². The lowest BCUT2D eigenvalue weighted by Crippen LogP contribution is -2.28. The van der Waals surface area contributed by atoms with E-state index >= 15 is 0 Å². The lowest BCUT2D eigenvalue weighted by atomic mass is 9.97. The molecule has 0 bridgehead atoms. The van der Waals surface area contributed by atoms with Gasteiger partial charge in [-0.15, -0.1) is 0 Å². The highest BCUT2D eigenvalue weighted by molar-refractivity contribution is 9.10. The second kappa shape index (κ2) is 3.58. The summed E-state index contributed by atoms with van der Waals surface area (Å²) in [5.41, 5.74) is 0.801. The number of hydrogen-bond acceptors (Lipinski definition) is 2. The van der Waals surface area contributed by atoms with Crippen molar-refractivity contribution in [1.29, 1.82) is 0 Å². The zero-order chi connectivity index (χ0) is 11.1. The van der Waals surface area contributed by atoms with Crippen LogP contribution in [0.5, 0.6) is 0 Å². The Morgan fingerprint density at radius 2 is 2.00 bits per heavy atom. The van der Waals surface area contributed by atoms with Gasteiger partial charge in [0.1, 0.15) is 5.60 Å². The van der Waals surface area contributed by atoms with Gasteiger partial charge in [-0.05, 0) is 38.5 Å². The Morgan fingerprint density at radius 1 is 1.27 bits per heavy atom. The zero-order valence-electron chi connectivity index (χ0n) is 9.21. The summed E-state index contributed by atoms with van der Waals surface area (Å²) in [4.78, 5) is 0. The third kappa shape index (κ3) is 2.25. The SMILES string of the molecule is CC1(C)OCC(C)(c2cccc(Br)c2)O1. The molecule has 1 atom stereocenters. The molecule has 0 aliphatic carbocycles. The maximum atomic E-state index is 5.93. The van der Waals surface area contributed by atoms with Crippen LogP contribution in [-0.2, 0) is 15.1 Å². The van der Waals surface area contributed by atoms with Crippen LogP contribution < -0.4 is 0 Å². The summed E-state index contributed by atoms with van der Waals surface area (Å²) in [6.07, 6.45) is 0. The van der Waals surface area contributed by atoms with Gasteiger partial charge in [-0.1, -0.05) is 28.1 Å². The van der Waals surface area contributed by atoms with E-state index in [9.17, 15) is 0 Å². The Hall–Kier alpha value is -0.380. The minimum atomic E-state index is -0.489. The summed E-state index contributed by atoms with van der Waals surface area (Å²) in [6.45, 7) is 6.53. The molecule has 1 fully saturated rings. The fraction of sp³-hybridized carbons (Fsp3) is 0.500. The van der Waals surface area contributed by atoms with Gasteiger partial charge in [-0.2, -0.15) is 0 Å². The maximum absolute atomic E-state index is 5.93. The third-order valence-electron chi connectivity index (χ3n) is 2.60. The first-order valence-electron chi connectivity index (χ1n) is 5.01. The van der Waals surface area contributed by atoms with Crippen LogP contribution in [0.4, 0.5) is 0 Å². The molecule has 1 unspecified atom stereocenters. The van der Waals surface area contributed by atoms with Crippen LogP contribution in [0.15, 0.2) is 28.7 Å². The predicted molar refractivity (Wildman–Crippen MR) is 62.6 cm³/mol. The van der Waals surface area contributed by atoms with Gasteiger partial charge >= 0.3 is 0 Å². The lowest BCUT2D eigenvalue weighted by Gasteiger charge is -2.25. The first-order valence-corrected chi connectivity index (χ1v) is 5.81. The van der Waals surface area contributed by atoms with E-state index in [2.05, 4.69) is 35.0 Å². The van der Waals surface area contributed by atoms with Gasteiger partial charge in [-0.25, -0.2) is 0 Å². The van der Waals surface area contributed by atoms with E-state index in [1.165, 1.54) is 0 Å². The van der Waals surface area contributed by atoms with Crippen LogP contribution in [0.3, 0.4) is 0 Å². The van der Waals surface area contributed by atoms with E-state index in [1.807, 2.05) is 26.0 Å². The Kier molecular flexibility index (Phi) is 2.65. The molecule has 15 heavy (non-hydrogen) atoms. The lowest BCUT2D eigenvalue weighted by molar-refractivity contribution is -0.159. The van der Waals surface area contributed by atoms with E-state index in [0.717, 1.165) is 10.0 Å². The average Bonchev–Trinajstić information content (AvgIpc) is 2.42. The quantitative estimate of drug-likeness (QED) is 0.778. The van der Waals surface area contributed by atoms with Gasteiger partial charge in [0.2, 0.25) is 0 Å². The molecule has 0 radical (unpaired) electrons. The summed E-state index contributed by atoms with van der Waals surface area (Å²) in [6, 6.07) is 8.16. The molecule has 1 aromatic carbocycles. The van der Waals surface area contributed by atoms with Crippen molar-refractivity contribution in [3.8, 4) is 0 Å². The molecule has 2 rings (SSSR count). The van der Waals surface area contributed by atoms with Crippen LogP contribution in [-0.4, -0.2) is 12.4 Å². The van der Waals surface area contributed by atoms with Crippen molar-refractivity contribution in [1.82, 2.24) is 0 Å². The normalized spacial score (nSPS) is 29.3. The number of ether oxygens (including phenoxy) is 2. The van der Waals surface area contributed by atoms with Crippen molar-refractivity contribution >= 4 is 15.9 Å². The van der Waals surface area contributed by atoms with E-state index < -0.39 is 5.79 Å². The maximum Gasteiger partial charge on any atom is 0.164 e. The fourth-order valence-electron chi connectivity index (χ4n) is 1.87. The van der Waals surface area contributed by atoms with Gasteiger partial charge < -0.3 is 9.47 Å². The van der Waals surface area contributed by atoms with Crippen molar-refractivity contribution in [3.05, 3.63) is 34.3 Å². The Balaban J connectivity index is 2.31. The van der Waals surface area contributed by atoms with Crippen molar-refractivity contribution < 1.29 is 9.47 Å². The summed E-state index contributed by atoms with van der Waals surface area (Å²) < 4.78 is 12.6. The average molecular weight is 271 g/mol. The largest absolute Gasteiger partial charge is 0.347 e. The Morgan fingerprint density at radius 3 is 2.53 bits per heavy atom. The molecule has 1 aromatic rings. The zero-order valence-corrected chi connectivity index (χ0v) is 10.8. The van der Waals surface area contributed by atoms with E-state index in [0.29, 0.717) is 6.61 Å². The van der Waals surface area contributed by atoms with Crippen molar-refractivity contribution in [2.45, 2.75) is 32.2 Å². The van der Waals surface area contributed by atoms with Gasteiger partial charge in [0.05, 0.1) is 6.61 Å². The number of halogens is 1. The van der Waals surface area contributed by atoms with E-state index in [-0.39, 0.29) is 5.60 Å². The van der Waals surface area contributed by atoms with Crippen LogP contribution in [0.1, 0.15) is 26.3 Å². The highest BCUT2D eigenvalue weighted by Crippen LogP contribution is 2.38. The summed E-state index contributed by atoms with van der Waals surface area (Å²) in [7, 11) is 0. The molecule has 0 spiro atoms. The van der Waals surface area contributed by atoms with Crippen LogP contribution >= 0.6 is 15.9 Å². The Bertz CT molecular complexity index is 376. The summed E-state index contributed by atoms with van der Waals surface area (Å²) >= 11 is 3.47. The minimum Gasteiger partial charge on any atom is -0.347 e. The molecular formula is C12H15BrO2. The van der Waals surface area contributed by atoms with Crippen LogP contribution in [0.25, 0.3) is 0 Å². The molecular weight excluding hydrogens is 256 g/mol. The third-order valence-corrected chi connectivity index (χ3v) is 3.09. The van der Waals surface area contributed by atoms with Gasteiger partial charge in [0.15, 0.2) is 5.79 Å². The smallest absolute Gasteiger partial charge is 0.164 e. The van der Waals surface area contributed by atoms with Crippen molar-refractivity contribution in [2.75, 3.05) is 6.61 Å². The summed E-state index contributed by atoms with van der Waals surface area (Å²) in [5, 5.41) is 0. The van der Waals surface area contributed by atoms with E-state index in [1.54, 1.807) is 0 Å². The second-order valence-corrected chi connectivity index (χ2v) is 5.45. The van der Waals surface area contributed by atoms with Crippen LogP contribution in [0.2, 0.25) is 0 Å². The first kappa shape index (κ1) is 11.1. The number of rotatable bonds is 1. The highest BCUT2D eigenvalue weighted by atomic mass is 79.9. The molecule has 0 aromatic heterocycles. The standard InChI is InChI=1S/C12H15BrO2/c1-11(2)14-8-12(3,15-11)9-5-4-6-10(13)7-9/h4-7H,8H2,1-3H3. The molecule has 3 heteroatoms. The molecule has 1 saturated heterocycles. The predicted octanol–water partition coefficient (Wildman–Crippen LogP) is 3.45. The molecule has 1 aliphatic heterocycles. The fourth-order valence-corrected chi connectivity index (χ4v) is 2.27. The van der Waals surface area contributed by atoms with Gasteiger partial charge in [0, 0.05) is 4.47 Å².